The monoisotopic (exact) mass is 404 g/mol. The molecule has 0 spiro atoms. The fraction of sp³-hybridized carbons (Fsp3) is 0.190. The summed E-state index contributed by atoms with van der Waals surface area (Å²) in [6, 6.07) is 17.9. The lowest BCUT2D eigenvalue weighted by molar-refractivity contribution is 0.284. The molecule has 0 saturated carbocycles. The highest BCUT2D eigenvalue weighted by atomic mass is 35.5. The van der Waals surface area contributed by atoms with Crippen molar-refractivity contribution in [3.63, 3.8) is 0 Å². The molecule has 0 amide bonds. The number of halogens is 2. The summed E-state index contributed by atoms with van der Waals surface area (Å²) in [5.41, 5.74) is 3.25. The summed E-state index contributed by atoms with van der Waals surface area (Å²) in [4.78, 5) is 4.08. The molecule has 0 atom stereocenters. The van der Waals surface area contributed by atoms with Crippen LogP contribution in [-0.2, 0) is 19.7 Å². The van der Waals surface area contributed by atoms with Crippen molar-refractivity contribution in [2.45, 2.75) is 19.7 Å². The Morgan fingerprint density at radius 3 is 2.41 bits per heavy atom. The predicted octanol–water partition coefficient (Wildman–Crippen LogP) is 5.03. The van der Waals surface area contributed by atoms with Crippen molar-refractivity contribution in [3.8, 4) is 11.5 Å². The Morgan fingerprint density at radius 2 is 1.70 bits per heavy atom. The lowest BCUT2D eigenvalue weighted by Crippen LogP contribution is -2.12. The number of hydrogen-bond acceptors (Lipinski definition) is 4. The second kappa shape index (κ2) is 10.8. The zero-order valence-electron chi connectivity index (χ0n) is 15.0. The van der Waals surface area contributed by atoms with Gasteiger partial charge in [0.1, 0.15) is 6.61 Å². The fourth-order valence-electron chi connectivity index (χ4n) is 2.60. The standard InChI is InChI=1S/C21H21ClN2O2.ClH/c1-25-20-11-18(14-24-12-16-6-3-2-4-7-16)10-19(22)21(20)26-15-17-8-5-9-23-13-17;/h2-11,13,24H,12,14-15H2,1H3;1H. The Kier molecular flexibility index (Phi) is 8.40. The number of rotatable bonds is 8. The Hall–Kier alpha value is -2.27. The van der Waals surface area contributed by atoms with Crippen molar-refractivity contribution in [3.05, 3.63) is 88.7 Å². The number of pyridine rings is 1. The second-order valence-electron chi connectivity index (χ2n) is 5.85. The molecule has 3 rings (SSSR count). The van der Waals surface area contributed by atoms with E-state index in [2.05, 4.69) is 22.4 Å². The SMILES string of the molecule is COc1cc(CNCc2ccccc2)cc(Cl)c1OCc1cccnc1.Cl. The lowest BCUT2D eigenvalue weighted by Gasteiger charge is -2.14. The van der Waals surface area contributed by atoms with Crippen molar-refractivity contribution in [1.82, 2.24) is 10.3 Å². The Balaban J connectivity index is 0.00000261. The number of methoxy groups -OCH3 is 1. The first-order valence-corrected chi connectivity index (χ1v) is 8.77. The first-order chi connectivity index (χ1) is 12.8. The van der Waals surface area contributed by atoms with Gasteiger partial charge in [-0.15, -0.1) is 12.4 Å². The van der Waals surface area contributed by atoms with Gasteiger partial charge in [-0.3, -0.25) is 4.98 Å². The smallest absolute Gasteiger partial charge is 0.180 e. The van der Waals surface area contributed by atoms with Crippen LogP contribution in [0.15, 0.2) is 67.0 Å². The van der Waals surface area contributed by atoms with E-state index in [4.69, 9.17) is 21.1 Å². The van der Waals surface area contributed by atoms with Crippen LogP contribution in [0.2, 0.25) is 5.02 Å². The molecule has 0 saturated heterocycles. The zero-order chi connectivity index (χ0) is 18.2. The summed E-state index contributed by atoms with van der Waals surface area (Å²) in [7, 11) is 1.61. The molecule has 0 aliphatic carbocycles. The van der Waals surface area contributed by atoms with E-state index in [0.717, 1.165) is 17.7 Å². The van der Waals surface area contributed by atoms with E-state index < -0.39 is 0 Å². The highest BCUT2D eigenvalue weighted by Crippen LogP contribution is 2.37. The van der Waals surface area contributed by atoms with Gasteiger partial charge in [0.25, 0.3) is 0 Å². The van der Waals surface area contributed by atoms with Crippen molar-refractivity contribution < 1.29 is 9.47 Å². The van der Waals surface area contributed by atoms with Crippen molar-refractivity contribution in [1.29, 1.82) is 0 Å². The molecule has 0 unspecified atom stereocenters. The molecule has 0 bridgehead atoms. The van der Waals surface area contributed by atoms with E-state index in [0.29, 0.717) is 29.7 Å². The minimum atomic E-state index is 0. The van der Waals surface area contributed by atoms with E-state index in [9.17, 15) is 0 Å². The van der Waals surface area contributed by atoms with Gasteiger partial charge in [-0.25, -0.2) is 0 Å². The maximum Gasteiger partial charge on any atom is 0.180 e. The third-order valence-corrected chi connectivity index (χ3v) is 4.18. The van der Waals surface area contributed by atoms with Crippen LogP contribution in [0.1, 0.15) is 16.7 Å². The van der Waals surface area contributed by atoms with E-state index in [1.165, 1.54) is 5.56 Å². The van der Waals surface area contributed by atoms with Crippen molar-refractivity contribution in [2.24, 2.45) is 0 Å². The normalized spacial score (nSPS) is 10.1. The van der Waals surface area contributed by atoms with E-state index >= 15 is 0 Å². The van der Waals surface area contributed by atoms with Crippen LogP contribution >= 0.6 is 24.0 Å². The lowest BCUT2D eigenvalue weighted by atomic mass is 10.2. The summed E-state index contributed by atoms with van der Waals surface area (Å²) in [6.45, 7) is 1.86. The quantitative estimate of drug-likeness (QED) is 0.571. The molecule has 27 heavy (non-hydrogen) atoms. The third kappa shape index (κ3) is 6.14. The summed E-state index contributed by atoms with van der Waals surface area (Å²) in [5.74, 6) is 1.17. The first-order valence-electron chi connectivity index (χ1n) is 8.39. The summed E-state index contributed by atoms with van der Waals surface area (Å²) >= 11 is 6.43. The second-order valence-corrected chi connectivity index (χ2v) is 6.26. The number of ether oxygens (including phenoxy) is 2. The molecule has 1 heterocycles. The van der Waals surface area contributed by atoms with Gasteiger partial charge in [0, 0.05) is 31.0 Å². The summed E-state index contributed by atoms with van der Waals surface area (Å²) in [5, 5.41) is 3.94. The number of benzene rings is 2. The van der Waals surface area contributed by atoms with Gasteiger partial charge in [-0.2, -0.15) is 0 Å². The van der Waals surface area contributed by atoms with Gasteiger partial charge >= 0.3 is 0 Å². The molecular weight excluding hydrogens is 383 g/mol. The highest BCUT2D eigenvalue weighted by Gasteiger charge is 2.12. The predicted molar refractivity (Wildman–Crippen MR) is 111 cm³/mol. The molecule has 0 radical (unpaired) electrons. The number of nitrogens with one attached hydrogen (secondary N) is 1. The van der Waals surface area contributed by atoms with Crippen LogP contribution in [0, 0.1) is 0 Å². The van der Waals surface area contributed by atoms with Gasteiger partial charge in [0.05, 0.1) is 12.1 Å². The van der Waals surface area contributed by atoms with Gasteiger partial charge in [-0.1, -0.05) is 48.0 Å². The van der Waals surface area contributed by atoms with Crippen LogP contribution in [0.5, 0.6) is 11.5 Å². The molecule has 0 aliphatic heterocycles. The van der Waals surface area contributed by atoms with Crippen LogP contribution in [0.25, 0.3) is 0 Å². The van der Waals surface area contributed by atoms with Gasteiger partial charge < -0.3 is 14.8 Å². The minimum absolute atomic E-state index is 0. The molecule has 0 fully saturated rings. The number of nitrogens with zero attached hydrogens (tertiary/aromatic N) is 1. The summed E-state index contributed by atoms with van der Waals surface area (Å²) < 4.78 is 11.3. The molecule has 1 N–H and O–H groups in total. The highest BCUT2D eigenvalue weighted by molar-refractivity contribution is 6.32. The Labute approximate surface area is 170 Å². The largest absolute Gasteiger partial charge is 0.493 e. The molecule has 1 aromatic heterocycles. The van der Waals surface area contributed by atoms with Crippen molar-refractivity contribution >= 4 is 24.0 Å². The number of hydrogen-bond donors (Lipinski definition) is 1. The fourth-order valence-corrected chi connectivity index (χ4v) is 2.89. The minimum Gasteiger partial charge on any atom is -0.493 e. The topological polar surface area (TPSA) is 43.4 Å². The first kappa shape index (κ1) is 21.0. The van der Waals surface area contributed by atoms with Gasteiger partial charge in [0.2, 0.25) is 0 Å². The molecule has 0 aliphatic rings. The maximum atomic E-state index is 6.43. The number of aromatic nitrogens is 1. The molecule has 4 nitrogen and oxygen atoms in total. The Morgan fingerprint density at radius 1 is 0.963 bits per heavy atom. The molecule has 142 valence electrons. The van der Waals surface area contributed by atoms with E-state index in [1.807, 2.05) is 42.5 Å². The van der Waals surface area contributed by atoms with Crippen LogP contribution in [0.3, 0.4) is 0 Å². The molecular formula is C21H22Cl2N2O2. The Bertz CT molecular complexity index is 830. The van der Waals surface area contributed by atoms with Crippen LogP contribution < -0.4 is 14.8 Å². The van der Waals surface area contributed by atoms with Crippen LogP contribution in [0.4, 0.5) is 0 Å². The van der Waals surface area contributed by atoms with Crippen molar-refractivity contribution in [2.75, 3.05) is 7.11 Å². The zero-order valence-corrected chi connectivity index (χ0v) is 16.6. The molecule has 2 aromatic carbocycles. The molecule has 6 heteroatoms. The third-order valence-electron chi connectivity index (χ3n) is 3.90. The van der Waals surface area contributed by atoms with Gasteiger partial charge in [-0.05, 0) is 29.3 Å². The molecule has 3 aromatic rings. The van der Waals surface area contributed by atoms with Gasteiger partial charge in [0.15, 0.2) is 11.5 Å². The van der Waals surface area contributed by atoms with E-state index in [-0.39, 0.29) is 12.4 Å². The van der Waals surface area contributed by atoms with E-state index in [1.54, 1.807) is 19.5 Å². The van der Waals surface area contributed by atoms with Crippen LogP contribution in [-0.4, -0.2) is 12.1 Å². The maximum absolute atomic E-state index is 6.43. The average Bonchev–Trinajstić information content (AvgIpc) is 2.68. The average molecular weight is 405 g/mol. The summed E-state index contributed by atoms with van der Waals surface area (Å²) in [6.07, 6.45) is 3.50.